The summed E-state index contributed by atoms with van der Waals surface area (Å²) in [6.07, 6.45) is 8.84. The smallest absolute Gasteiger partial charge is 0.271 e. The van der Waals surface area contributed by atoms with Gasteiger partial charge in [0.05, 0.1) is 6.04 Å². The molecule has 2 aliphatic rings. The Bertz CT molecular complexity index is 518. The van der Waals surface area contributed by atoms with Crippen LogP contribution in [0.3, 0.4) is 0 Å². The molecule has 1 amide bonds. The van der Waals surface area contributed by atoms with Gasteiger partial charge in [-0.15, -0.1) is 0 Å². The van der Waals surface area contributed by atoms with Crippen molar-refractivity contribution in [1.82, 2.24) is 20.4 Å². The number of amides is 1. The molecule has 1 aromatic rings. The minimum atomic E-state index is -0.0591. The van der Waals surface area contributed by atoms with Gasteiger partial charge in [-0.1, -0.05) is 6.42 Å². The predicted molar refractivity (Wildman–Crippen MR) is 88.5 cm³/mol. The molecule has 1 saturated carbocycles. The fourth-order valence-corrected chi connectivity index (χ4v) is 3.59. The lowest BCUT2D eigenvalue weighted by Crippen LogP contribution is -2.43. The van der Waals surface area contributed by atoms with Crippen molar-refractivity contribution in [3.8, 4) is 0 Å². The molecule has 2 heterocycles. The molecule has 1 unspecified atom stereocenters. The van der Waals surface area contributed by atoms with Crippen LogP contribution in [0.1, 0.15) is 55.1 Å². The molecule has 6 nitrogen and oxygen atoms in total. The van der Waals surface area contributed by atoms with Crippen LogP contribution in [0.15, 0.2) is 12.3 Å². The topological polar surface area (TPSA) is 68.2 Å². The van der Waals surface area contributed by atoms with Crippen molar-refractivity contribution >= 4 is 5.91 Å². The van der Waals surface area contributed by atoms with Crippen molar-refractivity contribution < 1.29 is 9.53 Å². The molecule has 1 aliphatic heterocycles. The van der Waals surface area contributed by atoms with Crippen molar-refractivity contribution in [2.75, 3.05) is 33.4 Å². The van der Waals surface area contributed by atoms with Gasteiger partial charge in [0.2, 0.25) is 0 Å². The van der Waals surface area contributed by atoms with Crippen LogP contribution in [-0.4, -0.2) is 49.0 Å². The normalized spacial score (nSPS) is 23.3. The first kappa shape index (κ1) is 16.5. The van der Waals surface area contributed by atoms with Gasteiger partial charge in [0.15, 0.2) is 0 Å². The molecule has 0 radical (unpaired) electrons. The molecule has 1 aliphatic carbocycles. The number of ether oxygens (including phenoxy) is 1. The van der Waals surface area contributed by atoms with E-state index in [1.807, 2.05) is 16.9 Å². The zero-order chi connectivity index (χ0) is 16.1. The number of methoxy groups -OCH3 is 1. The summed E-state index contributed by atoms with van der Waals surface area (Å²) in [4.78, 5) is 12.4. The molecule has 23 heavy (non-hydrogen) atoms. The highest BCUT2D eigenvalue weighted by Crippen LogP contribution is 2.43. The minimum absolute atomic E-state index is 0.0591. The number of hydrogen-bond donors (Lipinski definition) is 2. The number of nitrogens with zero attached hydrogens (tertiary/aromatic N) is 2. The van der Waals surface area contributed by atoms with Crippen molar-refractivity contribution in [3.05, 3.63) is 18.0 Å². The summed E-state index contributed by atoms with van der Waals surface area (Å²) >= 11 is 0. The SMILES string of the molecule is COCCC1(CNC(=O)c2ccn(C3CCCNC3)n2)CCC1. The number of hydrogen-bond acceptors (Lipinski definition) is 4. The molecular formula is C17H28N4O2. The first-order chi connectivity index (χ1) is 11.2. The standard InChI is InChI=1S/C17H28N4O2/c1-23-11-8-17(6-3-7-17)13-19-16(22)15-5-10-21(20-15)14-4-2-9-18-12-14/h5,10,14,18H,2-4,6-9,11-13H2,1H3,(H,19,22). The third-order valence-corrected chi connectivity index (χ3v) is 5.36. The Hall–Kier alpha value is -1.40. The summed E-state index contributed by atoms with van der Waals surface area (Å²) in [6.45, 7) is 3.50. The lowest BCUT2D eigenvalue weighted by atomic mass is 9.67. The van der Waals surface area contributed by atoms with Gasteiger partial charge in [-0.3, -0.25) is 9.48 Å². The Morgan fingerprint density at radius 2 is 2.39 bits per heavy atom. The Balaban J connectivity index is 1.53. The van der Waals surface area contributed by atoms with E-state index < -0.39 is 0 Å². The van der Waals surface area contributed by atoms with Crippen LogP contribution in [0, 0.1) is 5.41 Å². The van der Waals surface area contributed by atoms with Crippen molar-refractivity contribution in [2.24, 2.45) is 5.41 Å². The van der Waals surface area contributed by atoms with Gasteiger partial charge < -0.3 is 15.4 Å². The molecule has 3 rings (SSSR count). The van der Waals surface area contributed by atoms with Gasteiger partial charge in [-0.05, 0) is 50.1 Å². The maximum Gasteiger partial charge on any atom is 0.271 e. The average molecular weight is 320 g/mol. The average Bonchev–Trinajstić information content (AvgIpc) is 3.04. The molecule has 0 bridgehead atoms. The molecule has 2 fully saturated rings. The van der Waals surface area contributed by atoms with Gasteiger partial charge in [0.1, 0.15) is 5.69 Å². The van der Waals surface area contributed by atoms with Crippen molar-refractivity contribution in [1.29, 1.82) is 0 Å². The van der Waals surface area contributed by atoms with Crippen LogP contribution in [-0.2, 0) is 4.74 Å². The number of aromatic nitrogens is 2. The Kier molecular flexibility index (Phi) is 5.33. The summed E-state index contributed by atoms with van der Waals surface area (Å²) in [7, 11) is 1.73. The molecule has 2 N–H and O–H groups in total. The van der Waals surface area contributed by atoms with E-state index in [1.165, 1.54) is 19.3 Å². The molecule has 0 aromatic carbocycles. The van der Waals surface area contributed by atoms with E-state index in [1.54, 1.807) is 7.11 Å². The number of carbonyl (C=O) groups is 1. The second kappa shape index (κ2) is 7.45. The Morgan fingerprint density at radius 3 is 3.04 bits per heavy atom. The van der Waals surface area contributed by atoms with Gasteiger partial charge in [0, 0.05) is 33.0 Å². The number of carbonyl (C=O) groups excluding carboxylic acids is 1. The van der Waals surface area contributed by atoms with Gasteiger partial charge in [-0.2, -0.15) is 5.10 Å². The summed E-state index contributed by atoms with van der Waals surface area (Å²) in [5.74, 6) is -0.0591. The molecule has 0 spiro atoms. The highest BCUT2D eigenvalue weighted by molar-refractivity contribution is 5.92. The fraction of sp³-hybridized carbons (Fsp3) is 0.765. The number of rotatable bonds is 7. The number of nitrogens with one attached hydrogen (secondary N) is 2. The van der Waals surface area contributed by atoms with Gasteiger partial charge in [0.25, 0.3) is 5.91 Å². The molecule has 1 aromatic heterocycles. The summed E-state index contributed by atoms with van der Waals surface area (Å²) in [6, 6.07) is 2.19. The van der Waals surface area contributed by atoms with E-state index in [9.17, 15) is 4.79 Å². The van der Waals surface area contributed by atoms with Crippen LogP contribution >= 0.6 is 0 Å². The van der Waals surface area contributed by atoms with E-state index in [-0.39, 0.29) is 11.3 Å². The van der Waals surface area contributed by atoms with E-state index in [0.29, 0.717) is 11.7 Å². The first-order valence-electron chi connectivity index (χ1n) is 8.75. The van der Waals surface area contributed by atoms with E-state index >= 15 is 0 Å². The molecule has 1 saturated heterocycles. The van der Waals surface area contributed by atoms with Crippen LogP contribution in [0.5, 0.6) is 0 Å². The quantitative estimate of drug-likeness (QED) is 0.803. The van der Waals surface area contributed by atoms with Gasteiger partial charge >= 0.3 is 0 Å². The third kappa shape index (κ3) is 3.93. The molecular weight excluding hydrogens is 292 g/mol. The summed E-state index contributed by atoms with van der Waals surface area (Å²) < 4.78 is 7.14. The van der Waals surface area contributed by atoms with E-state index in [0.717, 1.165) is 45.5 Å². The largest absolute Gasteiger partial charge is 0.385 e. The minimum Gasteiger partial charge on any atom is -0.385 e. The van der Waals surface area contributed by atoms with Crippen LogP contribution in [0.25, 0.3) is 0 Å². The highest BCUT2D eigenvalue weighted by Gasteiger charge is 2.36. The maximum atomic E-state index is 12.4. The molecule has 128 valence electrons. The fourth-order valence-electron chi connectivity index (χ4n) is 3.59. The monoisotopic (exact) mass is 320 g/mol. The zero-order valence-electron chi connectivity index (χ0n) is 14.0. The summed E-state index contributed by atoms with van der Waals surface area (Å²) in [5, 5.41) is 10.9. The molecule has 6 heteroatoms. The predicted octanol–water partition coefficient (Wildman–Crippen LogP) is 1.74. The lowest BCUT2D eigenvalue weighted by molar-refractivity contribution is 0.0629. The van der Waals surface area contributed by atoms with Gasteiger partial charge in [-0.25, -0.2) is 0 Å². The third-order valence-electron chi connectivity index (χ3n) is 5.36. The second-order valence-electron chi connectivity index (χ2n) is 6.96. The molecule has 1 atom stereocenters. The van der Waals surface area contributed by atoms with Crippen LogP contribution < -0.4 is 10.6 Å². The van der Waals surface area contributed by atoms with Crippen LogP contribution in [0.2, 0.25) is 0 Å². The zero-order valence-corrected chi connectivity index (χ0v) is 14.0. The van der Waals surface area contributed by atoms with Crippen molar-refractivity contribution in [2.45, 2.75) is 44.6 Å². The Morgan fingerprint density at radius 1 is 1.52 bits per heavy atom. The Labute approximate surface area is 138 Å². The van der Waals surface area contributed by atoms with Crippen LogP contribution in [0.4, 0.5) is 0 Å². The maximum absolute atomic E-state index is 12.4. The number of piperidine rings is 1. The van der Waals surface area contributed by atoms with E-state index in [4.69, 9.17) is 4.74 Å². The van der Waals surface area contributed by atoms with Crippen molar-refractivity contribution in [3.63, 3.8) is 0 Å². The summed E-state index contributed by atoms with van der Waals surface area (Å²) in [5.41, 5.74) is 0.762. The van der Waals surface area contributed by atoms with E-state index in [2.05, 4.69) is 15.7 Å². The highest BCUT2D eigenvalue weighted by atomic mass is 16.5. The first-order valence-corrected chi connectivity index (χ1v) is 8.75. The second-order valence-corrected chi connectivity index (χ2v) is 6.96. The lowest BCUT2D eigenvalue weighted by Gasteiger charge is -2.42.